The summed E-state index contributed by atoms with van der Waals surface area (Å²) in [5.74, 6) is 0.996. The van der Waals surface area contributed by atoms with Gasteiger partial charge >= 0.3 is 0 Å². The normalized spacial score (nSPS) is 13.8. The van der Waals surface area contributed by atoms with Crippen molar-refractivity contribution in [1.82, 2.24) is 0 Å². The minimum Gasteiger partial charge on any atom is -0.329 e. The van der Waals surface area contributed by atoms with Crippen LogP contribution in [-0.4, -0.2) is 11.8 Å². The van der Waals surface area contributed by atoms with Gasteiger partial charge < -0.3 is 5.73 Å². The molecule has 0 heterocycles. The van der Waals surface area contributed by atoms with Gasteiger partial charge in [0.05, 0.1) is 0 Å². The van der Waals surface area contributed by atoms with Crippen molar-refractivity contribution in [3.05, 3.63) is 34.9 Å². The molecule has 0 radical (unpaired) electrons. The average Bonchev–Trinajstić information content (AvgIpc) is 2.19. The van der Waals surface area contributed by atoms with Crippen molar-refractivity contribution >= 4 is 23.4 Å². The molecule has 0 bridgehead atoms. The van der Waals surface area contributed by atoms with Gasteiger partial charge in [0.15, 0.2) is 0 Å². The van der Waals surface area contributed by atoms with E-state index < -0.39 is 0 Å². The van der Waals surface area contributed by atoms with E-state index >= 15 is 0 Å². The number of thioether (sulfide) groups is 1. The topological polar surface area (TPSA) is 26.0 Å². The monoisotopic (exact) mass is 257 g/mol. The molecule has 0 aliphatic rings. The van der Waals surface area contributed by atoms with Crippen LogP contribution in [0.2, 0.25) is 5.02 Å². The SMILES string of the molecule is CC(C)(C)C(CN)SCc1ccc(Cl)cc1. The summed E-state index contributed by atoms with van der Waals surface area (Å²) in [5.41, 5.74) is 7.36. The predicted octanol–water partition coefficient (Wildman–Crippen LogP) is 3.95. The van der Waals surface area contributed by atoms with E-state index in [1.54, 1.807) is 0 Å². The molecule has 0 spiro atoms. The van der Waals surface area contributed by atoms with Gasteiger partial charge in [0, 0.05) is 22.6 Å². The molecule has 1 atom stereocenters. The minimum absolute atomic E-state index is 0.256. The molecule has 2 N–H and O–H groups in total. The summed E-state index contributed by atoms with van der Waals surface area (Å²) in [7, 11) is 0. The third-order valence-corrected chi connectivity index (χ3v) is 4.60. The Morgan fingerprint density at radius 2 is 1.81 bits per heavy atom. The fourth-order valence-electron chi connectivity index (χ4n) is 1.45. The van der Waals surface area contributed by atoms with Gasteiger partial charge in [0.2, 0.25) is 0 Å². The van der Waals surface area contributed by atoms with E-state index in [0.717, 1.165) is 17.3 Å². The molecule has 0 amide bonds. The third-order valence-electron chi connectivity index (χ3n) is 2.54. The average molecular weight is 258 g/mol. The standard InChI is InChI=1S/C13H20ClNS/c1-13(2,3)12(8-15)16-9-10-4-6-11(14)7-5-10/h4-7,12H,8-9,15H2,1-3H3. The molecule has 1 unspecified atom stereocenters. The van der Waals surface area contributed by atoms with E-state index in [1.807, 2.05) is 23.9 Å². The fraction of sp³-hybridized carbons (Fsp3) is 0.538. The molecule has 16 heavy (non-hydrogen) atoms. The highest BCUT2D eigenvalue weighted by Crippen LogP contribution is 2.31. The van der Waals surface area contributed by atoms with E-state index in [2.05, 4.69) is 32.9 Å². The molecule has 1 aromatic rings. The number of hydrogen-bond acceptors (Lipinski definition) is 2. The predicted molar refractivity (Wildman–Crippen MR) is 75.0 cm³/mol. The zero-order valence-corrected chi connectivity index (χ0v) is 11.7. The van der Waals surface area contributed by atoms with Crippen LogP contribution in [0.5, 0.6) is 0 Å². The first-order valence-corrected chi connectivity index (χ1v) is 6.92. The van der Waals surface area contributed by atoms with Crippen LogP contribution in [0, 0.1) is 5.41 Å². The molecule has 3 heteroatoms. The Kier molecular flexibility index (Phi) is 5.16. The van der Waals surface area contributed by atoms with Crippen molar-refractivity contribution in [3.63, 3.8) is 0 Å². The summed E-state index contributed by atoms with van der Waals surface area (Å²) in [5, 5.41) is 1.28. The van der Waals surface area contributed by atoms with Gasteiger partial charge in [0.1, 0.15) is 0 Å². The second-order valence-corrected chi connectivity index (χ2v) is 6.66. The van der Waals surface area contributed by atoms with Gasteiger partial charge in [-0.3, -0.25) is 0 Å². The Labute approximate surface area is 108 Å². The van der Waals surface area contributed by atoms with Crippen LogP contribution >= 0.6 is 23.4 Å². The van der Waals surface area contributed by atoms with Crippen LogP contribution in [0.3, 0.4) is 0 Å². The molecule has 1 rings (SSSR count). The summed E-state index contributed by atoms with van der Waals surface area (Å²) in [6.07, 6.45) is 0. The van der Waals surface area contributed by atoms with Gasteiger partial charge in [-0.05, 0) is 23.1 Å². The molecular formula is C13H20ClNS. The molecule has 1 aromatic carbocycles. The number of hydrogen-bond donors (Lipinski definition) is 1. The maximum Gasteiger partial charge on any atom is 0.0406 e. The lowest BCUT2D eigenvalue weighted by Gasteiger charge is -2.29. The molecule has 0 fully saturated rings. The lowest BCUT2D eigenvalue weighted by molar-refractivity contribution is 0.398. The van der Waals surface area contributed by atoms with E-state index in [1.165, 1.54) is 5.56 Å². The Bertz CT molecular complexity index is 316. The summed E-state index contributed by atoms with van der Waals surface area (Å²) >= 11 is 7.77. The van der Waals surface area contributed by atoms with Crippen LogP contribution in [0.1, 0.15) is 26.3 Å². The second kappa shape index (κ2) is 5.95. The zero-order valence-electron chi connectivity index (χ0n) is 10.2. The Morgan fingerprint density at radius 3 is 2.25 bits per heavy atom. The van der Waals surface area contributed by atoms with Crippen LogP contribution in [0.4, 0.5) is 0 Å². The third kappa shape index (κ3) is 4.36. The molecule has 0 aliphatic heterocycles. The first-order chi connectivity index (χ1) is 7.43. The van der Waals surface area contributed by atoms with Crippen molar-refractivity contribution in [1.29, 1.82) is 0 Å². The van der Waals surface area contributed by atoms with Crippen LogP contribution in [-0.2, 0) is 5.75 Å². The Balaban J connectivity index is 2.53. The highest BCUT2D eigenvalue weighted by atomic mass is 35.5. The summed E-state index contributed by atoms with van der Waals surface area (Å²) < 4.78 is 0. The highest BCUT2D eigenvalue weighted by molar-refractivity contribution is 7.99. The Morgan fingerprint density at radius 1 is 1.25 bits per heavy atom. The van der Waals surface area contributed by atoms with Gasteiger partial charge in [-0.1, -0.05) is 44.5 Å². The summed E-state index contributed by atoms with van der Waals surface area (Å²) in [4.78, 5) is 0. The minimum atomic E-state index is 0.256. The smallest absolute Gasteiger partial charge is 0.0406 e. The van der Waals surface area contributed by atoms with Crippen LogP contribution in [0.15, 0.2) is 24.3 Å². The first-order valence-electron chi connectivity index (χ1n) is 5.49. The fourth-order valence-corrected chi connectivity index (χ4v) is 2.80. The lowest BCUT2D eigenvalue weighted by Crippen LogP contribution is -2.30. The van der Waals surface area contributed by atoms with Gasteiger partial charge in [0.25, 0.3) is 0 Å². The van der Waals surface area contributed by atoms with Crippen LogP contribution in [0.25, 0.3) is 0 Å². The molecule has 1 nitrogen and oxygen atoms in total. The maximum absolute atomic E-state index is 5.85. The summed E-state index contributed by atoms with van der Waals surface area (Å²) in [6, 6.07) is 8.02. The van der Waals surface area contributed by atoms with Crippen molar-refractivity contribution in [2.45, 2.75) is 31.8 Å². The molecule has 0 aliphatic carbocycles. The largest absolute Gasteiger partial charge is 0.329 e. The van der Waals surface area contributed by atoms with Crippen LogP contribution < -0.4 is 5.73 Å². The zero-order chi connectivity index (χ0) is 12.2. The van der Waals surface area contributed by atoms with E-state index in [-0.39, 0.29) is 5.41 Å². The lowest BCUT2D eigenvalue weighted by atomic mass is 9.92. The second-order valence-electron chi connectivity index (χ2n) is 5.03. The summed E-state index contributed by atoms with van der Waals surface area (Å²) in [6.45, 7) is 7.43. The van der Waals surface area contributed by atoms with E-state index in [4.69, 9.17) is 17.3 Å². The van der Waals surface area contributed by atoms with E-state index in [9.17, 15) is 0 Å². The molecule has 90 valence electrons. The first kappa shape index (κ1) is 13.9. The van der Waals surface area contributed by atoms with Crippen molar-refractivity contribution in [3.8, 4) is 0 Å². The molecular weight excluding hydrogens is 238 g/mol. The number of halogens is 1. The maximum atomic E-state index is 5.85. The van der Waals surface area contributed by atoms with Crippen molar-refractivity contribution in [2.75, 3.05) is 6.54 Å². The van der Waals surface area contributed by atoms with E-state index in [0.29, 0.717) is 5.25 Å². The molecule has 0 aromatic heterocycles. The number of benzene rings is 1. The van der Waals surface area contributed by atoms with Gasteiger partial charge in [-0.25, -0.2) is 0 Å². The number of nitrogens with two attached hydrogens (primary N) is 1. The quantitative estimate of drug-likeness (QED) is 0.884. The number of rotatable bonds is 4. The van der Waals surface area contributed by atoms with Crippen molar-refractivity contribution < 1.29 is 0 Å². The molecule has 0 saturated heterocycles. The Hall–Kier alpha value is -0.180. The van der Waals surface area contributed by atoms with Gasteiger partial charge in [-0.15, -0.1) is 0 Å². The van der Waals surface area contributed by atoms with Crippen molar-refractivity contribution in [2.24, 2.45) is 11.1 Å². The highest BCUT2D eigenvalue weighted by Gasteiger charge is 2.23. The van der Waals surface area contributed by atoms with Gasteiger partial charge in [-0.2, -0.15) is 11.8 Å². The molecule has 0 saturated carbocycles.